The van der Waals surface area contributed by atoms with Crippen LogP contribution in [0.2, 0.25) is 0 Å². The number of β-amino-alcohol motifs (C(OH)–C–C–N with tert-alkyl or cyclic N) is 1. The summed E-state index contributed by atoms with van der Waals surface area (Å²) in [5.74, 6) is 0.728. The molecule has 2 heteroatoms. The van der Waals surface area contributed by atoms with E-state index in [1.54, 1.807) is 0 Å². The number of piperidine rings is 1. The first-order chi connectivity index (χ1) is 5.27. The van der Waals surface area contributed by atoms with E-state index in [-0.39, 0.29) is 6.10 Å². The molecule has 0 amide bonds. The zero-order valence-corrected chi connectivity index (χ0v) is 7.14. The molecule has 1 spiro atoms. The van der Waals surface area contributed by atoms with Gasteiger partial charge in [-0.15, -0.1) is 0 Å². The summed E-state index contributed by atoms with van der Waals surface area (Å²) in [6, 6.07) is 0. The molecule has 64 valence electrons. The molecule has 2 rings (SSSR count). The molecule has 2 nitrogen and oxygen atoms in total. The number of rotatable bonds is 1. The molecule has 1 aliphatic heterocycles. The Bertz CT molecular complexity index is 154. The van der Waals surface area contributed by atoms with E-state index in [0.717, 1.165) is 18.9 Å². The molecule has 2 fully saturated rings. The van der Waals surface area contributed by atoms with Crippen LogP contribution in [0.1, 0.15) is 32.6 Å². The van der Waals surface area contributed by atoms with Crippen LogP contribution in [0.5, 0.6) is 0 Å². The normalized spacial score (nSPS) is 40.9. The highest BCUT2D eigenvalue weighted by atomic mass is 16.3. The van der Waals surface area contributed by atoms with Crippen molar-refractivity contribution in [2.75, 3.05) is 6.54 Å². The number of hydrogen-bond donors (Lipinski definition) is 2. The Balaban J connectivity index is 2.01. The predicted molar refractivity (Wildman–Crippen MR) is 44.4 cm³/mol. The lowest BCUT2D eigenvalue weighted by Crippen LogP contribution is -2.49. The Morgan fingerprint density at radius 3 is 2.82 bits per heavy atom. The molecule has 2 N–H and O–H groups in total. The molecule has 2 atom stereocenters. The zero-order valence-electron chi connectivity index (χ0n) is 7.14. The van der Waals surface area contributed by atoms with Crippen molar-refractivity contribution in [3.8, 4) is 0 Å². The van der Waals surface area contributed by atoms with Gasteiger partial charge < -0.3 is 10.4 Å². The largest absolute Gasteiger partial charge is 0.392 e. The SMILES string of the molecule is CCC1CC(O)CNC12CC2. The van der Waals surface area contributed by atoms with Crippen molar-refractivity contribution in [1.82, 2.24) is 5.32 Å². The summed E-state index contributed by atoms with van der Waals surface area (Å²) >= 11 is 0. The average molecular weight is 155 g/mol. The van der Waals surface area contributed by atoms with Gasteiger partial charge in [0.15, 0.2) is 0 Å². The lowest BCUT2D eigenvalue weighted by Gasteiger charge is -2.35. The lowest BCUT2D eigenvalue weighted by atomic mass is 9.85. The van der Waals surface area contributed by atoms with Gasteiger partial charge in [0.2, 0.25) is 0 Å². The monoisotopic (exact) mass is 155 g/mol. The molecule has 0 aromatic heterocycles. The minimum absolute atomic E-state index is 0.0915. The Kier molecular flexibility index (Phi) is 1.69. The lowest BCUT2D eigenvalue weighted by molar-refractivity contribution is 0.0810. The van der Waals surface area contributed by atoms with Crippen molar-refractivity contribution in [2.24, 2.45) is 5.92 Å². The van der Waals surface area contributed by atoms with Gasteiger partial charge >= 0.3 is 0 Å². The van der Waals surface area contributed by atoms with Crippen molar-refractivity contribution in [3.05, 3.63) is 0 Å². The average Bonchev–Trinajstić information content (AvgIpc) is 2.76. The number of hydrogen-bond acceptors (Lipinski definition) is 2. The van der Waals surface area contributed by atoms with E-state index >= 15 is 0 Å². The maximum Gasteiger partial charge on any atom is 0.0668 e. The van der Waals surface area contributed by atoms with E-state index in [1.165, 1.54) is 19.3 Å². The van der Waals surface area contributed by atoms with Gasteiger partial charge in [0.05, 0.1) is 6.10 Å². The first-order valence-electron chi connectivity index (χ1n) is 4.70. The second kappa shape index (κ2) is 2.46. The number of aliphatic hydroxyl groups excluding tert-OH is 1. The summed E-state index contributed by atoms with van der Waals surface area (Å²) in [5, 5.41) is 12.9. The third kappa shape index (κ3) is 1.18. The fourth-order valence-corrected chi connectivity index (χ4v) is 2.38. The highest BCUT2D eigenvalue weighted by Gasteiger charge is 2.50. The molecule has 1 aliphatic carbocycles. The van der Waals surface area contributed by atoms with Crippen LogP contribution in [0.4, 0.5) is 0 Å². The van der Waals surface area contributed by atoms with Crippen LogP contribution in [0.15, 0.2) is 0 Å². The quantitative estimate of drug-likeness (QED) is 0.589. The molecule has 11 heavy (non-hydrogen) atoms. The first kappa shape index (κ1) is 7.56. The number of aliphatic hydroxyl groups is 1. The third-order valence-corrected chi connectivity index (χ3v) is 3.31. The Labute approximate surface area is 68.0 Å². The summed E-state index contributed by atoms with van der Waals surface area (Å²) in [6.07, 6.45) is 4.80. The molecule has 1 saturated carbocycles. The molecule has 0 aromatic rings. The molecule has 2 unspecified atom stereocenters. The van der Waals surface area contributed by atoms with Crippen LogP contribution in [0, 0.1) is 5.92 Å². The second-order valence-corrected chi connectivity index (χ2v) is 4.03. The van der Waals surface area contributed by atoms with Crippen molar-refractivity contribution < 1.29 is 5.11 Å². The van der Waals surface area contributed by atoms with Gasteiger partial charge in [0, 0.05) is 12.1 Å². The van der Waals surface area contributed by atoms with Crippen molar-refractivity contribution in [3.63, 3.8) is 0 Å². The summed E-state index contributed by atoms with van der Waals surface area (Å²) in [4.78, 5) is 0. The van der Waals surface area contributed by atoms with E-state index < -0.39 is 0 Å². The molecule has 0 aromatic carbocycles. The van der Waals surface area contributed by atoms with E-state index in [1.807, 2.05) is 0 Å². The van der Waals surface area contributed by atoms with E-state index in [9.17, 15) is 5.11 Å². The molecular formula is C9H17NO. The zero-order chi connectivity index (χ0) is 7.90. The van der Waals surface area contributed by atoms with Gasteiger partial charge in [-0.25, -0.2) is 0 Å². The van der Waals surface area contributed by atoms with Gasteiger partial charge in [-0.3, -0.25) is 0 Å². The summed E-state index contributed by atoms with van der Waals surface area (Å²) in [5.41, 5.74) is 0.466. The molecule has 1 saturated heterocycles. The number of nitrogens with one attached hydrogen (secondary N) is 1. The fraction of sp³-hybridized carbons (Fsp3) is 1.00. The van der Waals surface area contributed by atoms with Crippen LogP contribution < -0.4 is 5.32 Å². The molecule has 1 heterocycles. The Hall–Kier alpha value is -0.0800. The van der Waals surface area contributed by atoms with Gasteiger partial charge in [0.1, 0.15) is 0 Å². The highest BCUT2D eigenvalue weighted by Crippen LogP contribution is 2.47. The second-order valence-electron chi connectivity index (χ2n) is 4.03. The molecule has 0 bridgehead atoms. The van der Waals surface area contributed by atoms with Gasteiger partial charge in [-0.2, -0.15) is 0 Å². The van der Waals surface area contributed by atoms with Gasteiger partial charge in [0.25, 0.3) is 0 Å². The van der Waals surface area contributed by atoms with E-state index in [0.29, 0.717) is 5.54 Å². The molecule has 0 radical (unpaired) electrons. The summed E-state index contributed by atoms with van der Waals surface area (Å²) in [7, 11) is 0. The minimum Gasteiger partial charge on any atom is -0.392 e. The first-order valence-corrected chi connectivity index (χ1v) is 4.70. The minimum atomic E-state index is -0.0915. The molecule has 2 aliphatic rings. The van der Waals surface area contributed by atoms with Crippen LogP contribution in [-0.4, -0.2) is 23.3 Å². The van der Waals surface area contributed by atoms with Crippen LogP contribution >= 0.6 is 0 Å². The maximum atomic E-state index is 9.41. The smallest absolute Gasteiger partial charge is 0.0668 e. The summed E-state index contributed by atoms with van der Waals surface area (Å²) in [6.45, 7) is 3.04. The van der Waals surface area contributed by atoms with E-state index in [2.05, 4.69) is 12.2 Å². The standard InChI is InChI=1S/C9H17NO/c1-2-7-5-8(11)6-10-9(7)3-4-9/h7-8,10-11H,2-6H2,1H3. The molecular weight excluding hydrogens is 138 g/mol. The van der Waals surface area contributed by atoms with Crippen LogP contribution in [0.25, 0.3) is 0 Å². The predicted octanol–water partition coefficient (Wildman–Crippen LogP) is 0.899. The summed E-state index contributed by atoms with van der Waals surface area (Å²) < 4.78 is 0. The fourth-order valence-electron chi connectivity index (χ4n) is 2.38. The van der Waals surface area contributed by atoms with Crippen molar-refractivity contribution in [1.29, 1.82) is 0 Å². The van der Waals surface area contributed by atoms with Crippen molar-refractivity contribution in [2.45, 2.75) is 44.2 Å². The Morgan fingerprint density at radius 2 is 2.27 bits per heavy atom. The maximum absolute atomic E-state index is 9.41. The van der Waals surface area contributed by atoms with Crippen molar-refractivity contribution >= 4 is 0 Å². The third-order valence-electron chi connectivity index (χ3n) is 3.31. The Morgan fingerprint density at radius 1 is 1.55 bits per heavy atom. The highest BCUT2D eigenvalue weighted by molar-refractivity contribution is 5.09. The topological polar surface area (TPSA) is 32.3 Å². The van der Waals surface area contributed by atoms with Gasteiger partial charge in [-0.1, -0.05) is 13.3 Å². The van der Waals surface area contributed by atoms with E-state index in [4.69, 9.17) is 0 Å². The van der Waals surface area contributed by atoms with Gasteiger partial charge in [-0.05, 0) is 25.2 Å². The van der Waals surface area contributed by atoms with Crippen LogP contribution in [0.3, 0.4) is 0 Å². The van der Waals surface area contributed by atoms with Crippen LogP contribution in [-0.2, 0) is 0 Å².